The first-order chi connectivity index (χ1) is 12.6. The Labute approximate surface area is 148 Å². The number of hydrogen-bond donors (Lipinski definition) is 1. The number of carbonyl (C=O) groups excluding carboxylic acids is 1. The summed E-state index contributed by atoms with van der Waals surface area (Å²) in [6.45, 7) is -0.587. The second-order valence-electron chi connectivity index (χ2n) is 5.07. The van der Waals surface area contributed by atoms with Crippen molar-refractivity contribution in [2.45, 2.75) is 6.18 Å². The molecular weight excluding hydrogens is 375 g/mol. The molecule has 0 bridgehead atoms. The topological polar surface area (TPSA) is 125 Å². The van der Waals surface area contributed by atoms with Gasteiger partial charge in [0.1, 0.15) is 11.3 Å². The lowest BCUT2D eigenvalue weighted by Gasteiger charge is -2.11. The number of nitrogens with one attached hydrogen (secondary N) is 1. The Balaban J connectivity index is 2.05. The molecule has 0 heterocycles. The van der Waals surface area contributed by atoms with Crippen molar-refractivity contribution in [2.75, 3.05) is 11.9 Å². The summed E-state index contributed by atoms with van der Waals surface area (Å²) in [5.41, 5.74) is -3.12. The Morgan fingerprint density at radius 2 is 1.67 bits per heavy atom. The van der Waals surface area contributed by atoms with E-state index in [-0.39, 0.29) is 17.1 Å². The van der Waals surface area contributed by atoms with Crippen LogP contribution in [-0.4, -0.2) is 22.4 Å². The van der Waals surface area contributed by atoms with Gasteiger partial charge in [-0.3, -0.25) is 25.0 Å². The quantitative estimate of drug-likeness (QED) is 0.599. The minimum atomic E-state index is -4.97. The number of nitrogens with zero attached hydrogens (tertiary/aromatic N) is 2. The minimum Gasteiger partial charge on any atom is -0.484 e. The molecule has 0 unspecified atom stereocenters. The molecule has 2 rings (SSSR count). The van der Waals surface area contributed by atoms with Gasteiger partial charge in [-0.05, 0) is 24.3 Å². The lowest BCUT2D eigenvalue weighted by atomic mass is 10.1. The van der Waals surface area contributed by atoms with Gasteiger partial charge in [-0.1, -0.05) is 0 Å². The van der Waals surface area contributed by atoms with Crippen LogP contribution >= 0.6 is 0 Å². The van der Waals surface area contributed by atoms with E-state index in [0.717, 1.165) is 18.2 Å². The highest BCUT2D eigenvalue weighted by Crippen LogP contribution is 2.37. The van der Waals surface area contributed by atoms with Crippen molar-refractivity contribution in [3.05, 3.63) is 68.3 Å². The zero-order valence-electron chi connectivity index (χ0n) is 13.2. The molecule has 9 nitrogen and oxygen atoms in total. The third-order valence-electron chi connectivity index (χ3n) is 3.20. The summed E-state index contributed by atoms with van der Waals surface area (Å²) in [6, 6.07) is 6.84. The molecule has 0 fully saturated rings. The van der Waals surface area contributed by atoms with Crippen LogP contribution in [0.2, 0.25) is 0 Å². The Hall–Kier alpha value is -3.70. The van der Waals surface area contributed by atoms with Crippen LogP contribution in [-0.2, 0) is 11.0 Å². The van der Waals surface area contributed by atoms with Gasteiger partial charge in [0, 0.05) is 23.9 Å². The van der Waals surface area contributed by atoms with Crippen molar-refractivity contribution < 1.29 is 32.5 Å². The van der Waals surface area contributed by atoms with E-state index in [1.54, 1.807) is 0 Å². The number of amides is 1. The van der Waals surface area contributed by atoms with Gasteiger partial charge in [-0.2, -0.15) is 13.2 Å². The zero-order chi connectivity index (χ0) is 20.2. The Bertz CT molecular complexity index is 883. The van der Waals surface area contributed by atoms with Crippen LogP contribution in [0.15, 0.2) is 42.5 Å². The molecule has 12 heteroatoms. The molecule has 142 valence electrons. The van der Waals surface area contributed by atoms with E-state index in [4.69, 9.17) is 4.74 Å². The molecule has 0 aliphatic rings. The largest absolute Gasteiger partial charge is 0.484 e. The second kappa shape index (κ2) is 7.68. The van der Waals surface area contributed by atoms with Gasteiger partial charge in [-0.15, -0.1) is 0 Å². The van der Waals surface area contributed by atoms with Crippen molar-refractivity contribution in [3.8, 4) is 5.75 Å². The maximum atomic E-state index is 12.9. The normalized spacial score (nSPS) is 10.9. The summed E-state index contributed by atoms with van der Waals surface area (Å²) < 4.78 is 43.8. The number of ether oxygens (including phenoxy) is 1. The van der Waals surface area contributed by atoms with Gasteiger partial charge < -0.3 is 10.1 Å². The second-order valence-corrected chi connectivity index (χ2v) is 5.07. The maximum absolute atomic E-state index is 12.9. The minimum absolute atomic E-state index is 0.135. The highest BCUT2D eigenvalue weighted by atomic mass is 19.4. The zero-order valence-corrected chi connectivity index (χ0v) is 13.2. The van der Waals surface area contributed by atoms with E-state index in [9.17, 15) is 38.2 Å². The third kappa shape index (κ3) is 5.14. The Morgan fingerprint density at radius 1 is 1.04 bits per heavy atom. The van der Waals surface area contributed by atoms with Crippen molar-refractivity contribution in [3.63, 3.8) is 0 Å². The Kier molecular flexibility index (Phi) is 5.58. The number of halogens is 3. The van der Waals surface area contributed by atoms with Crippen molar-refractivity contribution >= 4 is 23.0 Å². The molecule has 1 N–H and O–H groups in total. The number of carbonyl (C=O) groups is 1. The number of hydrogen-bond acceptors (Lipinski definition) is 6. The lowest BCUT2D eigenvalue weighted by molar-refractivity contribution is -0.388. The summed E-state index contributed by atoms with van der Waals surface area (Å²) in [6.07, 6.45) is -4.97. The number of nitro groups is 2. The molecule has 0 saturated heterocycles. The van der Waals surface area contributed by atoms with E-state index < -0.39 is 39.8 Å². The monoisotopic (exact) mass is 385 g/mol. The number of rotatable bonds is 6. The van der Waals surface area contributed by atoms with Gasteiger partial charge in [0.2, 0.25) is 0 Å². The molecule has 0 atom stereocenters. The number of benzene rings is 2. The van der Waals surface area contributed by atoms with Crippen molar-refractivity contribution in [1.82, 2.24) is 0 Å². The fraction of sp³-hybridized carbons (Fsp3) is 0.133. The summed E-state index contributed by atoms with van der Waals surface area (Å²) in [5.74, 6) is -0.689. The van der Waals surface area contributed by atoms with Gasteiger partial charge in [0.25, 0.3) is 17.3 Å². The fourth-order valence-electron chi connectivity index (χ4n) is 2.01. The summed E-state index contributed by atoms with van der Waals surface area (Å²) in [5, 5.41) is 23.3. The average molecular weight is 385 g/mol. The first-order valence-corrected chi connectivity index (χ1v) is 7.10. The van der Waals surface area contributed by atoms with Crippen LogP contribution in [0.5, 0.6) is 5.75 Å². The molecule has 0 aromatic heterocycles. The number of non-ortho nitro benzene ring substituents is 1. The van der Waals surface area contributed by atoms with E-state index in [0.29, 0.717) is 12.1 Å². The average Bonchev–Trinajstić information content (AvgIpc) is 2.59. The van der Waals surface area contributed by atoms with E-state index in [2.05, 4.69) is 5.32 Å². The van der Waals surface area contributed by atoms with Crippen LogP contribution in [0.4, 0.5) is 30.2 Å². The molecule has 0 spiro atoms. The van der Waals surface area contributed by atoms with E-state index in [1.807, 2.05) is 0 Å². The Morgan fingerprint density at radius 3 is 2.19 bits per heavy atom. The standard InChI is InChI=1S/C15H10F3N3O6/c16-15(17,18)12-7-9(1-6-13(12)21(25)26)19-14(22)8-27-11-4-2-10(3-5-11)20(23)24/h1-7H,8H2,(H,19,22). The summed E-state index contributed by atoms with van der Waals surface area (Å²) >= 11 is 0. The predicted octanol–water partition coefficient (Wildman–Crippen LogP) is 3.54. The van der Waals surface area contributed by atoms with Crippen LogP contribution in [0.3, 0.4) is 0 Å². The van der Waals surface area contributed by atoms with E-state index in [1.165, 1.54) is 12.1 Å². The maximum Gasteiger partial charge on any atom is 0.423 e. The number of alkyl halides is 3. The van der Waals surface area contributed by atoms with Crippen molar-refractivity contribution in [2.24, 2.45) is 0 Å². The number of nitro benzene ring substituents is 2. The molecule has 2 aromatic rings. The van der Waals surface area contributed by atoms with Crippen LogP contribution < -0.4 is 10.1 Å². The predicted molar refractivity (Wildman–Crippen MR) is 85.3 cm³/mol. The first-order valence-electron chi connectivity index (χ1n) is 7.10. The molecule has 0 radical (unpaired) electrons. The van der Waals surface area contributed by atoms with Crippen LogP contribution in [0.1, 0.15) is 5.56 Å². The highest BCUT2D eigenvalue weighted by Gasteiger charge is 2.38. The van der Waals surface area contributed by atoms with Crippen LogP contribution in [0, 0.1) is 20.2 Å². The molecule has 0 saturated carbocycles. The van der Waals surface area contributed by atoms with Gasteiger partial charge in [0.05, 0.1) is 9.85 Å². The summed E-state index contributed by atoms with van der Waals surface area (Å²) in [4.78, 5) is 31.2. The van der Waals surface area contributed by atoms with Crippen LogP contribution in [0.25, 0.3) is 0 Å². The molecule has 0 aliphatic heterocycles. The molecule has 27 heavy (non-hydrogen) atoms. The summed E-state index contributed by atoms with van der Waals surface area (Å²) in [7, 11) is 0. The third-order valence-corrected chi connectivity index (χ3v) is 3.20. The fourth-order valence-corrected chi connectivity index (χ4v) is 2.01. The number of anilines is 1. The SMILES string of the molecule is O=C(COc1ccc([N+](=O)[O-])cc1)Nc1ccc([N+](=O)[O-])c(C(F)(F)F)c1. The van der Waals surface area contributed by atoms with Gasteiger partial charge in [-0.25, -0.2) is 0 Å². The van der Waals surface area contributed by atoms with E-state index >= 15 is 0 Å². The van der Waals surface area contributed by atoms with Gasteiger partial charge in [0.15, 0.2) is 6.61 Å². The molecular formula is C15H10F3N3O6. The highest BCUT2D eigenvalue weighted by molar-refractivity contribution is 5.92. The van der Waals surface area contributed by atoms with Crippen molar-refractivity contribution in [1.29, 1.82) is 0 Å². The van der Waals surface area contributed by atoms with Gasteiger partial charge >= 0.3 is 6.18 Å². The smallest absolute Gasteiger partial charge is 0.423 e. The lowest BCUT2D eigenvalue weighted by Crippen LogP contribution is -2.20. The molecule has 0 aliphatic carbocycles. The molecule has 1 amide bonds. The first kappa shape index (κ1) is 19.6. The molecule has 2 aromatic carbocycles.